The van der Waals surface area contributed by atoms with Crippen LogP contribution in [0.3, 0.4) is 0 Å². The molecular formula is C15H15FN2O3. The number of carbonyl (C=O) groups excluding carboxylic acids is 2. The van der Waals surface area contributed by atoms with Crippen LogP contribution in [-0.4, -0.2) is 29.1 Å². The van der Waals surface area contributed by atoms with E-state index in [1.165, 1.54) is 30.0 Å². The number of aldehydes is 1. The molecule has 0 aliphatic heterocycles. The first-order valence-corrected chi connectivity index (χ1v) is 6.42. The van der Waals surface area contributed by atoms with Crippen LogP contribution in [0, 0.1) is 5.82 Å². The SMILES string of the molecule is COC(=O)c1nn(-c2cccc(F)c2)c(C=O)c1C(C)C. The Bertz CT molecular complexity index is 692. The quantitative estimate of drug-likeness (QED) is 0.641. The van der Waals surface area contributed by atoms with Crippen molar-refractivity contribution in [2.45, 2.75) is 19.8 Å². The molecule has 0 N–H and O–H groups in total. The fourth-order valence-corrected chi connectivity index (χ4v) is 2.18. The molecule has 0 saturated carbocycles. The van der Waals surface area contributed by atoms with Crippen LogP contribution in [0.4, 0.5) is 4.39 Å². The highest BCUT2D eigenvalue weighted by molar-refractivity contribution is 5.92. The number of rotatable bonds is 4. The Hall–Kier alpha value is -2.50. The van der Waals surface area contributed by atoms with E-state index in [0.717, 1.165) is 0 Å². The number of hydrogen-bond acceptors (Lipinski definition) is 4. The van der Waals surface area contributed by atoms with Gasteiger partial charge in [0.1, 0.15) is 11.5 Å². The van der Waals surface area contributed by atoms with Gasteiger partial charge in [-0.15, -0.1) is 0 Å². The Morgan fingerprint density at radius 3 is 2.67 bits per heavy atom. The summed E-state index contributed by atoms with van der Waals surface area (Å²) >= 11 is 0. The molecule has 0 saturated heterocycles. The lowest BCUT2D eigenvalue weighted by atomic mass is 10.0. The zero-order chi connectivity index (χ0) is 15.6. The monoisotopic (exact) mass is 290 g/mol. The maximum atomic E-state index is 13.4. The van der Waals surface area contributed by atoms with Crippen molar-refractivity contribution in [1.82, 2.24) is 9.78 Å². The smallest absolute Gasteiger partial charge is 0.358 e. The van der Waals surface area contributed by atoms with Crippen molar-refractivity contribution in [3.63, 3.8) is 0 Å². The second-order valence-electron chi connectivity index (χ2n) is 4.80. The lowest BCUT2D eigenvalue weighted by molar-refractivity contribution is 0.0592. The molecule has 5 nitrogen and oxygen atoms in total. The molecule has 0 spiro atoms. The molecule has 0 bridgehead atoms. The van der Waals surface area contributed by atoms with Crippen LogP contribution in [0.5, 0.6) is 0 Å². The van der Waals surface area contributed by atoms with Crippen molar-refractivity contribution < 1.29 is 18.7 Å². The highest BCUT2D eigenvalue weighted by Gasteiger charge is 2.26. The van der Waals surface area contributed by atoms with E-state index in [0.29, 0.717) is 17.5 Å². The summed E-state index contributed by atoms with van der Waals surface area (Å²) in [5, 5.41) is 4.13. The molecule has 0 fully saturated rings. The molecule has 1 aromatic carbocycles. The Morgan fingerprint density at radius 2 is 2.14 bits per heavy atom. The summed E-state index contributed by atoms with van der Waals surface area (Å²) in [6.45, 7) is 3.68. The largest absolute Gasteiger partial charge is 0.464 e. The molecule has 110 valence electrons. The van der Waals surface area contributed by atoms with Crippen LogP contribution >= 0.6 is 0 Å². The van der Waals surface area contributed by atoms with E-state index in [-0.39, 0.29) is 17.3 Å². The first kappa shape index (κ1) is 14.9. The van der Waals surface area contributed by atoms with E-state index in [9.17, 15) is 14.0 Å². The minimum absolute atomic E-state index is 0.0684. The van der Waals surface area contributed by atoms with Gasteiger partial charge in [0.25, 0.3) is 0 Å². The summed E-state index contributed by atoms with van der Waals surface area (Å²) in [5.74, 6) is -1.19. The summed E-state index contributed by atoms with van der Waals surface area (Å²) in [4.78, 5) is 23.3. The third-order valence-corrected chi connectivity index (χ3v) is 3.08. The number of benzene rings is 1. The lowest BCUT2D eigenvalue weighted by Gasteiger charge is -2.06. The van der Waals surface area contributed by atoms with E-state index in [1.54, 1.807) is 6.07 Å². The molecule has 21 heavy (non-hydrogen) atoms. The molecule has 0 aliphatic rings. The van der Waals surface area contributed by atoms with E-state index < -0.39 is 11.8 Å². The second kappa shape index (κ2) is 5.87. The number of halogens is 1. The molecule has 2 rings (SSSR count). The highest BCUT2D eigenvalue weighted by Crippen LogP contribution is 2.25. The molecule has 1 heterocycles. The van der Waals surface area contributed by atoms with Crippen molar-refractivity contribution in [3.8, 4) is 5.69 Å². The third kappa shape index (κ3) is 2.69. The van der Waals surface area contributed by atoms with Gasteiger partial charge < -0.3 is 4.74 Å². The Kier molecular flexibility index (Phi) is 4.16. The Morgan fingerprint density at radius 1 is 1.43 bits per heavy atom. The van der Waals surface area contributed by atoms with Gasteiger partial charge in [-0.3, -0.25) is 4.79 Å². The third-order valence-electron chi connectivity index (χ3n) is 3.08. The summed E-state index contributed by atoms with van der Waals surface area (Å²) in [7, 11) is 1.24. The van der Waals surface area contributed by atoms with E-state index in [2.05, 4.69) is 5.10 Å². The standard InChI is InChI=1S/C15H15FN2O3/c1-9(2)13-12(8-19)18(17-14(13)15(20)21-3)11-6-4-5-10(16)7-11/h4-9H,1-3H3. The van der Waals surface area contributed by atoms with Gasteiger partial charge in [-0.2, -0.15) is 5.10 Å². The van der Waals surface area contributed by atoms with Crippen molar-refractivity contribution in [2.24, 2.45) is 0 Å². The van der Waals surface area contributed by atoms with Gasteiger partial charge in [0.2, 0.25) is 0 Å². The van der Waals surface area contributed by atoms with Crippen molar-refractivity contribution in [3.05, 3.63) is 47.0 Å². The fourth-order valence-electron chi connectivity index (χ4n) is 2.18. The van der Waals surface area contributed by atoms with E-state index in [1.807, 2.05) is 13.8 Å². The predicted octanol–water partition coefficient (Wildman–Crippen LogP) is 2.73. The average molecular weight is 290 g/mol. The van der Waals surface area contributed by atoms with Gasteiger partial charge in [0.05, 0.1) is 12.8 Å². The normalized spacial score (nSPS) is 10.7. The molecule has 0 radical (unpaired) electrons. The number of aromatic nitrogens is 2. The van der Waals surface area contributed by atoms with Gasteiger partial charge in [-0.25, -0.2) is 13.9 Å². The number of hydrogen-bond donors (Lipinski definition) is 0. The first-order valence-electron chi connectivity index (χ1n) is 6.42. The van der Waals surface area contributed by atoms with Crippen LogP contribution < -0.4 is 0 Å². The van der Waals surface area contributed by atoms with Gasteiger partial charge in [0, 0.05) is 5.56 Å². The zero-order valence-electron chi connectivity index (χ0n) is 12.0. The van der Waals surface area contributed by atoms with Crippen molar-refractivity contribution in [2.75, 3.05) is 7.11 Å². The lowest BCUT2D eigenvalue weighted by Crippen LogP contribution is -2.07. The molecule has 0 aliphatic carbocycles. The first-order chi connectivity index (χ1) is 9.99. The number of esters is 1. The van der Waals surface area contributed by atoms with Crippen LogP contribution in [0.15, 0.2) is 24.3 Å². The van der Waals surface area contributed by atoms with Crippen molar-refractivity contribution in [1.29, 1.82) is 0 Å². The van der Waals surface area contributed by atoms with Gasteiger partial charge in [0.15, 0.2) is 12.0 Å². The number of nitrogens with zero attached hydrogens (tertiary/aromatic N) is 2. The Balaban J connectivity index is 2.72. The topological polar surface area (TPSA) is 61.2 Å². The number of methoxy groups -OCH3 is 1. The summed E-state index contributed by atoms with van der Waals surface area (Å²) in [6, 6.07) is 5.64. The van der Waals surface area contributed by atoms with Crippen LogP contribution in [-0.2, 0) is 4.74 Å². The molecule has 0 unspecified atom stereocenters. The molecule has 0 amide bonds. The van der Waals surface area contributed by atoms with Crippen LogP contribution in [0.1, 0.15) is 46.3 Å². The van der Waals surface area contributed by atoms with Crippen LogP contribution in [0.2, 0.25) is 0 Å². The minimum atomic E-state index is -0.628. The number of carbonyl (C=O) groups is 2. The summed E-state index contributed by atoms with van der Waals surface area (Å²) < 4.78 is 19.3. The summed E-state index contributed by atoms with van der Waals surface area (Å²) in [5.41, 5.74) is 1.14. The second-order valence-corrected chi connectivity index (χ2v) is 4.80. The molecule has 6 heteroatoms. The molecule has 0 atom stereocenters. The van der Waals surface area contributed by atoms with Gasteiger partial charge >= 0.3 is 5.97 Å². The minimum Gasteiger partial charge on any atom is -0.464 e. The number of ether oxygens (including phenoxy) is 1. The highest BCUT2D eigenvalue weighted by atomic mass is 19.1. The molecule has 1 aromatic heterocycles. The summed E-state index contributed by atoms with van der Waals surface area (Å²) in [6.07, 6.45) is 0.611. The van der Waals surface area contributed by atoms with Crippen LogP contribution in [0.25, 0.3) is 5.69 Å². The maximum absolute atomic E-state index is 13.4. The average Bonchev–Trinajstić information content (AvgIpc) is 2.86. The molecule has 2 aromatic rings. The van der Waals surface area contributed by atoms with Gasteiger partial charge in [-0.05, 0) is 24.1 Å². The van der Waals surface area contributed by atoms with Crippen molar-refractivity contribution >= 4 is 12.3 Å². The predicted molar refractivity (Wildman–Crippen MR) is 74.3 cm³/mol. The van der Waals surface area contributed by atoms with E-state index >= 15 is 0 Å². The molecular weight excluding hydrogens is 275 g/mol. The Labute approximate surface area is 121 Å². The van der Waals surface area contributed by atoms with Gasteiger partial charge in [-0.1, -0.05) is 19.9 Å². The zero-order valence-corrected chi connectivity index (χ0v) is 12.0. The fraction of sp³-hybridized carbons (Fsp3) is 0.267. The maximum Gasteiger partial charge on any atom is 0.358 e. The van der Waals surface area contributed by atoms with E-state index in [4.69, 9.17) is 4.74 Å².